The van der Waals surface area contributed by atoms with Crippen LogP contribution in [0.5, 0.6) is 0 Å². The molecular formula is C22H18ClN5O. The van der Waals surface area contributed by atoms with Gasteiger partial charge in [0.2, 0.25) is 5.91 Å². The summed E-state index contributed by atoms with van der Waals surface area (Å²) < 4.78 is 0. The van der Waals surface area contributed by atoms with Crippen molar-refractivity contribution in [2.45, 2.75) is 13.0 Å². The number of H-pyrrole nitrogens is 1. The largest absolute Gasteiger partial charge is 0.308 e. The summed E-state index contributed by atoms with van der Waals surface area (Å²) >= 11 is 6.13. The maximum atomic E-state index is 13.1. The van der Waals surface area contributed by atoms with Gasteiger partial charge in [0.25, 0.3) is 0 Å². The van der Waals surface area contributed by atoms with Crippen LogP contribution in [0, 0.1) is 0 Å². The number of carbonyl (C=O) groups excluding carboxylic acids is 1. The van der Waals surface area contributed by atoms with Crippen molar-refractivity contribution in [1.82, 2.24) is 20.2 Å². The van der Waals surface area contributed by atoms with Gasteiger partial charge in [-0.25, -0.2) is 0 Å². The summed E-state index contributed by atoms with van der Waals surface area (Å²) in [5.74, 6) is -0.0680. The fraction of sp³-hybridized carbons (Fsp3) is 0.0909. The SMILES string of the molecule is O=C(Cc1cnccn1)N(Cc1cccc(Cl)c1)c1ccc(-c2cn[nH]c2)cc1. The zero-order valence-electron chi connectivity index (χ0n) is 15.5. The Kier molecular flexibility index (Phi) is 5.63. The number of hydrogen-bond donors (Lipinski definition) is 1. The molecule has 0 aliphatic rings. The number of nitrogens with one attached hydrogen (secondary N) is 1. The molecule has 6 nitrogen and oxygen atoms in total. The number of rotatable bonds is 6. The fourth-order valence-corrected chi connectivity index (χ4v) is 3.27. The van der Waals surface area contributed by atoms with Gasteiger partial charge in [0.05, 0.1) is 24.9 Å². The molecule has 1 N–H and O–H groups in total. The van der Waals surface area contributed by atoms with E-state index in [0.29, 0.717) is 17.3 Å². The standard InChI is InChI=1S/C22H18ClN5O/c23-19-3-1-2-16(10-19)15-28(22(29)11-20-14-24-8-9-25-20)21-6-4-17(5-7-21)18-12-26-27-13-18/h1-10,12-14H,11,15H2,(H,26,27). The van der Waals surface area contributed by atoms with Gasteiger partial charge in [-0.15, -0.1) is 0 Å². The zero-order chi connectivity index (χ0) is 20.1. The van der Waals surface area contributed by atoms with E-state index in [1.807, 2.05) is 54.7 Å². The summed E-state index contributed by atoms with van der Waals surface area (Å²) in [6, 6.07) is 15.3. The van der Waals surface area contributed by atoms with Gasteiger partial charge in [0.1, 0.15) is 0 Å². The van der Waals surface area contributed by atoms with E-state index in [9.17, 15) is 4.79 Å². The molecule has 2 heterocycles. The quantitative estimate of drug-likeness (QED) is 0.521. The first-order valence-corrected chi connectivity index (χ1v) is 9.46. The van der Waals surface area contributed by atoms with E-state index in [4.69, 9.17) is 11.6 Å². The molecule has 144 valence electrons. The van der Waals surface area contributed by atoms with Crippen molar-refractivity contribution in [3.05, 3.63) is 95.8 Å². The van der Waals surface area contributed by atoms with Gasteiger partial charge in [-0.05, 0) is 35.4 Å². The topological polar surface area (TPSA) is 74.8 Å². The van der Waals surface area contributed by atoms with Crippen LogP contribution in [-0.4, -0.2) is 26.1 Å². The van der Waals surface area contributed by atoms with E-state index in [-0.39, 0.29) is 12.3 Å². The Labute approximate surface area is 173 Å². The summed E-state index contributed by atoms with van der Waals surface area (Å²) in [7, 11) is 0. The predicted octanol–water partition coefficient (Wildman–Crippen LogP) is 4.30. The number of hydrogen-bond acceptors (Lipinski definition) is 4. The van der Waals surface area contributed by atoms with Crippen molar-refractivity contribution < 1.29 is 4.79 Å². The fourth-order valence-electron chi connectivity index (χ4n) is 3.06. The molecule has 0 aliphatic carbocycles. The third kappa shape index (κ3) is 4.67. The zero-order valence-corrected chi connectivity index (χ0v) is 16.3. The van der Waals surface area contributed by atoms with E-state index in [0.717, 1.165) is 22.4 Å². The van der Waals surface area contributed by atoms with Crippen molar-refractivity contribution in [2.75, 3.05) is 4.90 Å². The molecule has 0 fully saturated rings. The summed E-state index contributed by atoms with van der Waals surface area (Å²) in [6.45, 7) is 0.407. The highest BCUT2D eigenvalue weighted by atomic mass is 35.5. The summed E-state index contributed by atoms with van der Waals surface area (Å²) in [6.07, 6.45) is 8.54. The van der Waals surface area contributed by atoms with Crippen LogP contribution in [0.25, 0.3) is 11.1 Å². The van der Waals surface area contributed by atoms with Crippen LogP contribution in [0.2, 0.25) is 5.02 Å². The molecule has 29 heavy (non-hydrogen) atoms. The van der Waals surface area contributed by atoms with E-state index in [1.165, 1.54) is 0 Å². The molecule has 0 unspecified atom stereocenters. The van der Waals surface area contributed by atoms with Gasteiger partial charge in [-0.2, -0.15) is 5.10 Å². The number of aromatic nitrogens is 4. The Morgan fingerprint density at radius 2 is 1.90 bits per heavy atom. The molecule has 0 aliphatic heterocycles. The minimum Gasteiger partial charge on any atom is -0.308 e. The Morgan fingerprint density at radius 1 is 1.03 bits per heavy atom. The van der Waals surface area contributed by atoms with Crippen molar-refractivity contribution >= 4 is 23.2 Å². The second-order valence-electron chi connectivity index (χ2n) is 6.52. The molecule has 2 aromatic carbocycles. The molecule has 0 radical (unpaired) electrons. The van der Waals surface area contributed by atoms with Gasteiger partial charge in [-0.1, -0.05) is 35.9 Å². The van der Waals surface area contributed by atoms with Crippen LogP contribution in [-0.2, 0) is 17.8 Å². The predicted molar refractivity (Wildman–Crippen MR) is 112 cm³/mol. The van der Waals surface area contributed by atoms with Crippen LogP contribution in [0.1, 0.15) is 11.3 Å². The number of amides is 1. The van der Waals surface area contributed by atoms with Crippen molar-refractivity contribution in [1.29, 1.82) is 0 Å². The first-order valence-electron chi connectivity index (χ1n) is 9.08. The lowest BCUT2D eigenvalue weighted by atomic mass is 10.1. The minimum atomic E-state index is -0.0680. The molecule has 7 heteroatoms. The van der Waals surface area contributed by atoms with Crippen molar-refractivity contribution in [2.24, 2.45) is 0 Å². The molecular weight excluding hydrogens is 386 g/mol. The molecule has 0 spiro atoms. The third-order valence-electron chi connectivity index (χ3n) is 4.49. The average molecular weight is 404 g/mol. The van der Waals surface area contributed by atoms with E-state index in [2.05, 4.69) is 20.2 Å². The molecule has 4 aromatic rings. The van der Waals surface area contributed by atoms with Crippen molar-refractivity contribution in [3.63, 3.8) is 0 Å². The Bertz CT molecular complexity index is 1080. The average Bonchev–Trinajstić information content (AvgIpc) is 3.28. The number of anilines is 1. The van der Waals surface area contributed by atoms with Crippen LogP contribution in [0.4, 0.5) is 5.69 Å². The number of aromatic amines is 1. The first-order chi connectivity index (χ1) is 14.2. The molecule has 0 atom stereocenters. The van der Waals surface area contributed by atoms with Gasteiger partial charge in [-0.3, -0.25) is 19.9 Å². The number of halogens is 1. The van der Waals surface area contributed by atoms with Crippen LogP contribution >= 0.6 is 11.6 Å². The van der Waals surface area contributed by atoms with Crippen LogP contribution < -0.4 is 4.90 Å². The number of nitrogens with zero attached hydrogens (tertiary/aromatic N) is 4. The number of carbonyl (C=O) groups is 1. The van der Waals surface area contributed by atoms with Gasteiger partial charge < -0.3 is 4.90 Å². The highest BCUT2D eigenvalue weighted by Gasteiger charge is 2.18. The highest BCUT2D eigenvalue weighted by molar-refractivity contribution is 6.30. The van der Waals surface area contributed by atoms with E-state index >= 15 is 0 Å². The molecule has 4 rings (SSSR count). The van der Waals surface area contributed by atoms with Gasteiger partial charge >= 0.3 is 0 Å². The molecule has 0 saturated carbocycles. The lowest BCUT2D eigenvalue weighted by Gasteiger charge is -2.23. The number of benzene rings is 2. The third-order valence-corrected chi connectivity index (χ3v) is 4.73. The summed E-state index contributed by atoms with van der Waals surface area (Å²) in [5, 5.41) is 7.43. The second-order valence-corrected chi connectivity index (χ2v) is 6.95. The second kappa shape index (κ2) is 8.67. The molecule has 0 saturated heterocycles. The minimum absolute atomic E-state index is 0.0680. The Morgan fingerprint density at radius 3 is 2.59 bits per heavy atom. The summed E-state index contributed by atoms with van der Waals surface area (Å²) in [5.41, 5.74) is 4.38. The normalized spacial score (nSPS) is 10.7. The lowest BCUT2D eigenvalue weighted by Crippen LogP contribution is -2.32. The molecule has 2 aromatic heterocycles. The van der Waals surface area contributed by atoms with E-state index in [1.54, 1.807) is 29.7 Å². The van der Waals surface area contributed by atoms with Crippen LogP contribution in [0.3, 0.4) is 0 Å². The maximum absolute atomic E-state index is 13.1. The summed E-state index contributed by atoms with van der Waals surface area (Å²) in [4.78, 5) is 23.1. The Balaban J connectivity index is 1.62. The van der Waals surface area contributed by atoms with Gasteiger partial charge in [0.15, 0.2) is 0 Å². The van der Waals surface area contributed by atoms with Crippen molar-refractivity contribution in [3.8, 4) is 11.1 Å². The smallest absolute Gasteiger partial charge is 0.233 e. The van der Waals surface area contributed by atoms with E-state index < -0.39 is 0 Å². The van der Waals surface area contributed by atoms with Crippen LogP contribution in [0.15, 0.2) is 79.5 Å². The monoisotopic (exact) mass is 403 g/mol. The highest BCUT2D eigenvalue weighted by Crippen LogP contribution is 2.25. The van der Waals surface area contributed by atoms with Gasteiger partial charge in [0, 0.05) is 41.1 Å². The maximum Gasteiger partial charge on any atom is 0.233 e. The lowest BCUT2D eigenvalue weighted by molar-refractivity contribution is -0.118. The first kappa shape index (κ1) is 18.8. The Hall–Kier alpha value is -3.51. The molecule has 1 amide bonds. The molecule has 0 bridgehead atoms.